The average molecular weight is 377 g/mol. The predicted molar refractivity (Wildman–Crippen MR) is 92.5 cm³/mol. The summed E-state index contributed by atoms with van der Waals surface area (Å²) in [5.41, 5.74) is 0. The Kier molecular flexibility index (Phi) is 6.62. The largest absolute Gasteiger partial charge is 0.493 e. The number of sulfonamides is 1. The molecule has 2 rings (SSSR count). The molecule has 1 saturated heterocycles. The molecule has 0 amide bonds. The van der Waals surface area contributed by atoms with Gasteiger partial charge in [0, 0.05) is 25.4 Å². The zero-order valence-corrected chi connectivity index (χ0v) is 15.4. The van der Waals surface area contributed by atoms with Gasteiger partial charge < -0.3 is 10.1 Å². The summed E-state index contributed by atoms with van der Waals surface area (Å²) in [5.74, 6) is 0.487. The van der Waals surface area contributed by atoms with Crippen LogP contribution in [0.15, 0.2) is 29.2 Å². The molecule has 0 radical (unpaired) electrons. The number of nitrogens with zero attached hydrogens (tertiary/aromatic N) is 1. The van der Waals surface area contributed by atoms with Crippen molar-refractivity contribution in [2.24, 2.45) is 0 Å². The zero-order valence-electron chi connectivity index (χ0n) is 13.8. The number of hydrogen-bond donors (Lipinski definition) is 1. The Labute approximate surface area is 144 Å². The lowest BCUT2D eigenvalue weighted by Crippen LogP contribution is -2.34. The Morgan fingerprint density at radius 3 is 2.46 bits per heavy atom. The van der Waals surface area contributed by atoms with Gasteiger partial charge in [0.15, 0.2) is 9.84 Å². The third-order valence-corrected chi connectivity index (χ3v) is 7.44. The van der Waals surface area contributed by atoms with Crippen LogP contribution < -0.4 is 10.1 Å². The van der Waals surface area contributed by atoms with Crippen molar-refractivity contribution in [3.8, 4) is 5.75 Å². The van der Waals surface area contributed by atoms with Gasteiger partial charge in [-0.05, 0) is 37.2 Å². The lowest BCUT2D eigenvalue weighted by Gasteiger charge is -2.19. The molecule has 1 heterocycles. The van der Waals surface area contributed by atoms with Gasteiger partial charge in [-0.25, -0.2) is 16.8 Å². The van der Waals surface area contributed by atoms with Gasteiger partial charge in [0.25, 0.3) is 0 Å². The summed E-state index contributed by atoms with van der Waals surface area (Å²) in [5, 5.41) is 3.17. The van der Waals surface area contributed by atoms with Crippen LogP contribution in [-0.4, -0.2) is 65.4 Å². The van der Waals surface area contributed by atoms with E-state index in [0.29, 0.717) is 25.4 Å². The van der Waals surface area contributed by atoms with Crippen molar-refractivity contribution < 1.29 is 21.6 Å². The normalized spacial score (nSPS) is 17.4. The van der Waals surface area contributed by atoms with Gasteiger partial charge in [-0.2, -0.15) is 4.31 Å². The van der Waals surface area contributed by atoms with E-state index in [4.69, 9.17) is 4.74 Å². The van der Waals surface area contributed by atoms with Gasteiger partial charge in [-0.15, -0.1) is 0 Å². The molecule has 9 heteroatoms. The SMILES string of the molecule is CCS(=O)(=O)CCOc1ccc(S(=O)(=O)N2CCCNCC2)cc1. The van der Waals surface area contributed by atoms with Gasteiger partial charge in [0.2, 0.25) is 10.0 Å². The fraction of sp³-hybridized carbons (Fsp3) is 0.600. The van der Waals surface area contributed by atoms with E-state index in [1.807, 2.05) is 0 Å². The lowest BCUT2D eigenvalue weighted by atomic mass is 10.3. The summed E-state index contributed by atoms with van der Waals surface area (Å²) >= 11 is 0. The average Bonchev–Trinajstić information content (AvgIpc) is 2.85. The van der Waals surface area contributed by atoms with Crippen molar-refractivity contribution >= 4 is 19.9 Å². The minimum atomic E-state index is -3.51. The molecular formula is C15H24N2O5S2. The van der Waals surface area contributed by atoms with E-state index in [9.17, 15) is 16.8 Å². The van der Waals surface area contributed by atoms with Crippen molar-refractivity contribution in [2.45, 2.75) is 18.2 Å². The van der Waals surface area contributed by atoms with Crippen molar-refractivity contribution in [1.82, 2.24) is 9.62 Å². The standard InChI is InChI=1S/C15H24N2O5S2/c1-2-23(18,19)13-12-22-14-4-6-15(7-5-14)24(20,21)17-10-3-8-16-9-11-17/h4-7,16H,2-3,8-13H2,1H3. The topological polar surface area (TPSA) is 92.8 Å². The van der Waals surface area contributed by atoms with Gasteiger partial charge >= 0.3 is 0 Å². The van der Waals surface area contributed by atoms with Crippen LogP contribution in [0.3, 0.4) is 0 Å². The molecule has 1 aliphatic rings. The Morgan fingerprint density at radius 1 is 1.08 bits per heavy atom. The minimum Gasteiger partial charge on any atom is -0.493 e. The van der Waals surface area contributed by atoms with Crippen molar-refractivity contribution in [1.29, 1.82) is 0 Å². The van der Waals surface area contributed by atoms with Crippen LogP contribution in [0.5, 0.6) is 5.75 Å². The third kappa shape index (κ3) is 5.17. The number of hydrogen-bond acceptors (Lipinski definition) is 6. The van der Waals surface area contributed by atoms with Gasteiger partial charge in [0.05, 0.1) is 10.6 Å². The fourth-order valence-corrected chi connectivity index (χ4v) is 4.45. The molecule has 0 saturated carbocycles. The molecule has 24 heavy (non-hydrogen) atoms. The maximum absolute atomic E-state index is 12.6. The molecule has 0 aliphatic carbocycles. The Hall–Kier alpha value is -1.16. The van der Waals surface area contributed by atoms with E-state index in [2.05, 4.69) is 5.32 Å². The molecule has 1 aliphatic heterocycles. The highest BCUT2D eigenvalue weighted by atomic mass is 32.2. The first-order valence-corrected chi connectivity index (χ1v) is 11.3. The molecule has 7 nitrogen and oxygen atoms in total. The van der Waals surface area contributed by atoms with Gasteiger partial charge in [-0.3, -0.25) is 0 Å². The Bertz CT molecular complexity index is 722. The highest BCUT2D eigenvalue weighted by Gasteiger charge is 2.24. The van der Waals surface area contributed by atoms with Crippen LogP contribution in [-0.2, 0) is 19.9 Å². The molecule has 1 N–H and O–H groups in total. The summed E-state index contributed by atoms with van der Waals surface area (Å²) in [6.45, 7) is 4.07. The molecule has 0 spiro atoms. The second-order valence-electron chi connectivity index (χ2n) is 5.56. The van der Waals surface area contributed by atoms with E-state index in [0.717, 1.165) is 13.0 Å². The van der Waals surface area contributed by atoms with Crippen LogP contribution in [0.25, 0.3) is 0 Å². The summed E-state index contributed by atoms with van der Waals surface area (Å²) in [6.07, 6.45) is 0.784. The van der Waals surface area contributed by atoms with Crippen molar-refractivity contribution in [2.75, 3.05) is 44.3 Å². The Balaban J connectivity index is 2.00. The second kappa shape index (κ2) is 8.28. The first kappa shape index (κ1) is 19.2. The number of benzene rings is 1. The first-order chi connectivity index (χ1) is 11.3. The van der Waals surface area contributed by atoms with Crippen LogP contribution in [0, 0.1) is 0 Å². The highest BCUT2D eigenvalue weighted by molar-refractivity contribution is 7.91. The predicted octanol–water partition coefficient (Wildman–Crippen LogP) is 0.484. The number of rotatable bonds is 7. The summed E-state index contributed by atoms with van der Waals surface area (Å²) in [6, 6.07) is 6.11. The number of sulfone groups is 1. The van der Waals surface area contributed by atoms with E-state index < -0.39 is 19.9 Å². The first-order valence-electron chi connectivity index (χ1n) is 7.99. The number of ether oxygens (including phenoxy) is 1. The van der Waals surface area contributed by atoms with Crippen molar-refractivity contribution in [3.05, 3.63) is 24.3 Å². The smallest absolute Gasteiger partial charge is 0.243 e. The maximum Gasteiger partial charge on any atom is 0.243 e. The van der Waals surface area contributed by atoms with Crippen LogP contribution in [0.4, 0.5) is 0 Å². The van der Waals surface area contributed by atoms with Crippen LogP contribution >= 0.6 is 0 Å². The molecule has 1 fully saturated rings. The molecular weight excluding hydrogens is 352 g/mol. The molecule has 0 aromatic heterocycles. The molecule has 0 unspecified atom stereocenters. The van der Waals surface area contributed by atoms with E-state index in [1.54, 1.807) is 19.1 Å². The highest BCUT2D eigenvalue weighted by Crippen LogP contribution is 2.20. The van der Waals surface area contributed by atoms with Crippen molar-refractivity contribution in [3.63, 3.8) is 0 Å². The summed E-state index contributed by atoms with van der Waals surface area (Å²) in [7, 11) is -6.58. The van der Waals surface area contributed by atoms with E-state index >= 15 is 0 Å². The molecule has 136 valence electrons. The zero-order chi connectivity index (χ0) is 17.6. The third-order valence-electron chi connectivity index (χ3n) is 3.86. The molecule has 0 bridgehead atoms. The minimum absolute atomic E-state index is 0.0513. The second-order valence-corrected chi connectivity index (χ2v) is 9.97. The van der Waals surface area contributed by atoms with Gasteiger partial charge in [-0.1, -0.05) is 6.92 Å². The summed E-state index contributed by atoms with van der Waals surface area (Å²) in [4.78, 5) is 0.220. The summed E-state index contributed by atoms with van der Waals surface area (Å²) < 4.78 is 54.9. The lowest BCUT2D eigenvalue weighted by molar-refractivity contribution is 0.340. The van der Waals surface area contributed by atoms with Crippen LogP contribution in [0.1, 0.15) is 13.3 Å². The van der Waals surface area contributed by atoms with E-state index in [1.165, 1.54) is 16.4 Å². The molecule has 1 aromatic rings. The molecule has 1 aromatic carbocycles. The Morgan fingerprint density at radius 2 is 1.79 bits per heavy atom. The molecule has 0 atom stereocenters. The monoisotopic (exact) mass is 376 g/mol. The van der Waals surface area contributed by atoms with Gasteiger partial charge in [0.1, 0.15) is 12.4 Å². The van der Waals surface area contributed by atoms with E-state index in [-0.39, 0.29) is 23.0 Å². The van der Waals surface area contributed by atoms with Crippen LogP contribution in [0.2, 0.25) is 0 Å². The fourth-order valence-electron chi connectivity index (χ4n) is 2.35. The maximum atomic E-state index is 12.6. The quantitative estimate of drug-likeness (QED) is 0.744. The number of nitrogens with one attached hydrogen (secondary N) is 1.